The Morgan fingerprint density at radius 1 is 1.18 bits per heavy atom. The molecule has 0 spiro atoms. The number of aryl methyl sites for hydroxylation is 2. The van der Waals surface area contributed by atoms with E-state index in [4.69, 9.17) is 11.6 Å². The zero-order chi connectivity index (χ0) is 16.1. The van der Waals surface area contributed by atoms with Gasteiger partial charge in [0.1, 0.15) is 11.6 Å². The Hall–Kier alpha value is -2.57. The van der Waals surface area contributed by atoms with Crippen LogP contribution in [0.5, 0.6) is 0 Å². The Bertz CT molecular complexity index is 750. The third kappa shape index (κ3) is 3.75. The molecule has 0 saturated heterocycles. The number of amides is 1. The lowest BCUT2D eigenvalue weighted by atomic mass is 10.1. The van der Waals surface area contributed by atoms with E-state index in [1.165, 1.54) is 0 Å². The summed E-state index contributed by atoms with van der Waals surface area (Å²) in [5, 5.41) is 12.4. The smallest absolute Gasteiger partial charge is 0.266 e. The summed E-state index contributed by atoms with van der Waals surface area (Å²) in [5.74, 6) is -0.473. The van der Waals surface area contributed by atoms with Crippen LogP contribution in [-0.2, 0) is 4.79 Å². The van der Waals surface area contributed by atoms with Crippen LogP contribution < -0.4 is 5.32 Å². The van der Waals surface area contributed by atoms with Crippen LogP contribution in [0.3, 0.4) is 0 Å². The summed E-state index contributed by atoms with van der Waals surface area (Å²) in [5.41, 5.74) is 3.32. The number of nitriles is 1. The maximum atomic E-state index is 12.3. The van der Waals surface area contributed by atoms with E-state index >= 15 is 0 Å². The maximum Gasteiger partial charge on any atom is 0.266 e. The van der Waals surface area contributed by atoms with Crippen LogP contribution >= 0.6 is 11.6 Å². The molecule has 0 saturated carbocycles. The molecule has 0 heterocycles. The van der Waals surface area contributed by atoms with Gasteiger partial charge in [-0.05, 0) is 37.1 Å². The molecule has 3 nitrogen and oxygen atoms in total. The van der Waals surface area contributed by atoms with Crippen molar-refractivity contribution in [3.63, 3.8) is 0 Å². The highest BCUT2D eigenvalue weighted by Gasteiger charge is 2.12. The van der Waals surface area contributed by atoms with Gasteiger partial charge >= 0.3 is 0 Å². The molecular weight excluding hydrogens is 296 g/mol. The zero-order valence-corrected chi connectivity index (χ0v) is 13.1. The molecule has 2 aromatic rings. The average molecular weight is 311 g/mol. The standard InChI is InChI=1S/C18H15ClN2O/c1-12-6-8-14(9-7-12)10-15(11-20)18(22)21-17-13(2)4-3-5-16(17)19/h3-10H,1-2H3,(H,21,22)/b15-10+. The molecule has 110 valence electrons. The lowest BCUT2D eigenvalue weighted by Crippen LogP contribution is -2.14. The average Bonchev–Trinajstić information content (AvgIpc) is 2.50. The van der Waals surface area contributed by atoms with Crippen molar-refractivity contribution in [2.45, 2.75) is 13.8 Å². The molecule has 0 unspecified atom stereocenters. The first-order chi connectivity index (χ1) is 10.5. The van der Waals surface area contributed by atoms with E-state index in [0.717, 1.165) is 16.7 Å². The van der Waals surface area contributed by atoms with Crippen molar-refractivity contribution in [3.05, 3.63) is 69.8 Å². The Morgan fingerprint density at radius 3 is 2.45 bits per heavy atom. The van der Waals surface area contributed by atoms with Crippen LogP contribution in [-0.4, -0.2) is 5.91 Å². The first-order valence-electron chi connectivity index (χ1n) is 6.76. The van der Waals surface area contributed by atoms with Crippen molar-refractivity contribution in [2.75, 3.05) is 5.32 Å². The van der Waals surface area contributed by atoms with Gasteiger partial charge in [0, 0.05) is 0 Å². The molecule has 0 aliphatic rings. The lowest BCUT2D eigenvalue weighted by molar-refractivity contribution is -0.112. The van der Waals surface area contributed by atoms with Crippen LogP contribution in [0.4, 0.5) is 5.69 Å². The van der Waals surface area contributed by atoms with Crippen LogP contribution in [0.1, 0.15) is 16.7 Å². The molecule has 2 rings (SSSR count). The van der Waals surface area contributed by atoms with Gasteiger partial charge in [0.05, 0.1) is 10.7 Å². The Kier molecular flexibility index (Phi) is 4.98. The number of benzene rings is 2. The molecule has 0 bridgehead atoms. The fourth-order valence-electron chi connectivity index (χ4n) is 1.95. The predicted molar refractivity (Wildman–Crippen MR) is 89.6 cm³/mol. The molecule has 0 aliphatic carbocycles. The van der Waals surface area contributed by atoms with Crippen LogP contribution in [0.2, 0.25) is 5.02 Å². The third-order valence-electron chi connectivity index (χ3n) is 3.21. The summed E-state index contributed by atoms with van der Waals surface area (Å²) in [6.07, 6.45) is 1.56. The zero-order valence-electron chi connectivity index (χ0n) is 12.4. The number of hydrogen-bond donors (Lipinski definition) is 1. The number of nitrogens with zero attached hydrogens (tertiary/aromatic N) is 1. The quantitative estimate of drug-likeness (QED) is 0.670. The van der Waals surface area contributed by atoms with Gasteiger partial charge in [0.2, 0.25) is 0 Å². The van der Waals surface area contributed by atoms with E-state index in [0.29, 0.717) is 10.7 Å². The molecular formula is C18H15ClN2O. The number of nitrogens with one attached hydrogen (secondary N) is 1. The first-order valence-corrected chi connectivity index (χ1v) is 7.14. The van der Waals surface area contributed by atoms with Crippen LogP contribution in [0, 0.1) is 25.2 Å². The molecule has 0 aromatic heterocycles. The summed E-state index contributed by atoms with van der Waals surface area (Å²) < 4.78 is 0. The second kappa shape index (κ2) is 6.93. The van der Waals surface area contributed by atoms with Crippen molar-refractivity contribution in [2.24, 2.45) is 0 Å². The predicted octanol–water partition coefficient (Wildman–Crippen LogP) is 4.50. The van der Waals surface area contributed by atoms with Gasteiger partial charge in [-0.3, -0.25) is 4.79 Å². The highest BCUT2D eigenvalue weighted by atomic mass is 35.5. The summed E-state index contributed by atoms with van der Waals surface area (Å²) >= 11 is 6.08. The summed E-state index contributed by atoms with van der Waals surface area (Å²) in [4.78, 5) is 12.3. The first kappa shape index (κ1) is 15.8. The Labute approximate surface area is 134 Å². The molecule has 22 heavy (non-hydrogen) atoms. The number of halogens is 1. The number of carbonyl (C=O) groups excluding carboxylic acids is 1. The van der Waals surface area contributed by atoms with Crippen molar-refractivity contribution in [1.29, 1.82) is 5.26 Å². The van der Waals surface area contributed by atoms with Crippen LogP contribution in [0.25, 0.3) is 6.08 Å². The van der Waals surface area contributed by atoms with E-state index in [1.54, 1.807) is 18.2 Å². The summed E-state index contributed by atoms with van der Waals surface area (Å²) in [6.45, 7) is 3.82. The molecule has 4 heteroatoms. The van der Waals surface area contributed by atoms with Gasteiger partial charge in [-0.2, -0.15) is 5.26 Å². The van der Waals surface area contributed by atoms with Gasteiger partial charge in [-0.15, -0.1) is 0 Å². The second-order valence-corrected chi connectivity index (χ2v) is 5.37. The lowest BCUT2D eigenvalue weighted by Gasteiger charge is -2.09. The highest BCUT2D eigenvalue weighted by molar-refractivity contribution is 6.34. The summed E-state index contributed by atoms with van der Waals surface area (Å²) in [7, 11) is 0. The van der Waals surface area contributed by atoms with E-state index in [2.05, 4.69) is 5.32 Å². The number of carbonyl (C=O) groups is 1. The van der Waals surface area contributed by atoms with Crippen molar-refractivity contribution < 1.29 is 4.79 Å². The minimum Gasteiger partial charge on any atom is -0.320 e. The normalized spacial score (nSPS) is 10.9. The molecule has 1 N–H and O–H groups in total. The topological polar surface area (TPSA) is 52.9 Å². The molecule has 1 amide bonds. The molecule has 0 fully saturated rings. The van der Waals surface area contributed by atoms with E-state index in [1.807, 2.05) is 50.2 Å². The summed E-state index contributed by atoms with van der Waals surface area (Å²) in [6, 6.07) is 14.9. The van der Waals surface area contributed by atoms with Crippen molar-refractivity contribution in [3.8, 4) is 6.07 Å². The minimum atomic E-state index is -0.473. The van der Waals surface area contributed by atoms with Gasteiger partial charge in [0.25, 0.3) is 5.91 Å². The number of rotatable bonds is 3. The minimum absolute atomic E-state index is 0.0307. The van der Waals surface area contributed by atoms with E-state index in [-0.39, 0.29) is 5.57 Å². The highest BCUT2D eigenvalue weighted by Crippen LogP contribution is 2.25. The second-order valence-electron chi connectivity index (χ2n) is 4.97. The van der Waals surface area contributed by atoms with Gasteiger partial charge in [-0.1, -0.05) is 53.6 Å². The Balaban J connectivity index is 2.26. The fourth-order valence-corrected chi connectivity index (χ4v) is 2.22. The Morgan fingerprint density at radius 2 is 1.86 bits per heavy atom. The fraction of sp³-hybridized carbons (Fsp3) is 0.111. The number of anilines is 1. The van der Waals surface area contributed by atoms with Crippen LogP contribution in [0.15, 0.2) is 48.0 Å². The largest absolute Gasteiger partial charge is 0.320 e. The van der Waals surface area contributed by atoms with E-state index < -0.39 is 5.91 Å². The van der Waals surface area contributed by atoms with E-state index in [9.17, 15) is 10.1 Å². The van der Waals surface area contributed by atoms with Crippen molar-refractivity contribution >= 4 is 29.3 Å². The molecule has 2 aromatic carbocycles. The maximum absolute atomic E-state index is 12.3. The molecule has 0 radical (unpaired) electrons. The molecule has 0 atom stereocenters. The third-order valence-corrected chi connectivity index (χ3v) is 3.53. The SMILES string of the molecule is Cc1ccc(/C=C(\C#N)C(=O)Nc2c(C)cccc2Cl)cc1. The van der Waals surface area contributed by atoms with Gasteiger partial charge in [0.15, 0.2) is 0 Å². The molecule has 0 aliphatic heterocycles. The van der Waals surface area contributed by atoms with Gasteiger partial charge in [-0.25, -0.2) is 0 Å². The number of para-hydroxylation sites is 1. The van der Waals surface area contributed by atoms with Gasteiger partial charge < -0.3 is 5.32 Å². The van der Waals surface area contributed by atoms with Crippen molar-refractivity contribution in [1.82, 2.24) is 0 Å². The number of hydrogen-bond acceptors (Lipinski definition) is 2. The monoisotopic (exact) mass is 310 g/mol.